The molecule has 4 aromatic rings. The lowest BCUT2D eigenvalue weighted by Crippen LogP contribution is -2.14. The molecule has 0 aliphatic carbocycles. The molecule has 4 rings (SSSR count). The van der Waals surface area contributed by atoms with Gasteiger partial charge in [-0.05, 0) is 65.4 Å². The molecule has 0 aliphatic heterocycles. The highest BCUT2D eigenvalue weighted by Crippen LogP contribution is 2.22. The summed E-state index contributed by atoms with van der Waals surface area (Å²) in [4.78, 5) is 25.6. The number of hydrogen-bond acceptors (Lipinski definition) is 3. The Bertz CT molecular complexity index is 1240. The number of amides is 2. The minimum atomic E-state index is -0.160. The van der Waals surface area contributed by atoms with E-state index in [-0.39, 0.29) is 17.6 Å². The van der Waals surface area contributed by atoms with E-state index in [0.29, 0.717) is 22.0 Å². The third-order valence-corrected chi connectivity index (χ3v) is 5.85. The maximum atomic E-state index is 12.6. The minimum Gasteiger partial charge on any atom is -0.325 e. The van der Waals surface area contributed by atoms with E-state index in [1.54, 1.807) is 24.3 Å². The Morgan fingerprint density at radius 1 is 0.742 bits per heavy atom. The van der Waals surface area contributed by atoms with Gasteiger partial charge in [0, 0.05) is 26.9 Å². The van der Waals surface area contributed by atoms with Crippen molar-refractivity contribution in [3.8, 4) is 0 Å². The molecular formula is C25H19ClN2O2S. The Morgan fingerprint density at radius 3 is 2.29 bits per heavy atom. The molecular weight excluding hydrogens is 428 g/mol. The van der Waals surface area contributed by atoms with Gasteiger partial charge in [0.15, 0.2) is 0 Å². The van der Waals surface area contributed by atoms with Crippen LogP contribution in [0.1, 0.15) is 10.4 Å². The number of rotatable bonds is 6. The Kier molecular flexibility index (Phi) is 6.55. The average Bonchev–Trinajstić information content (AvgIpc) is 2.78. The van der Waals surface area contributed by atoms with Crippen LogP contribution < -0.4 is 10.6 Å². The van der Waals surface area contributed by atoms with Crippen LogP contribution in [0.25, 0.3) is 10.8 Å². The van der Waals surface area contributed by atoms with Gasteiger partial charge in [-0.1, -0.05) is 48.0 Å². The van der Waals surface area contributed by atoms with Crippen molar-refractivity contribution in [3.05, 3.63) is 102 Å². The van der Waals surface area contributed by atoms with E-state index < -0.39 is 0 Å². The van der Waals surface area contributed by atoms with Crippen LogP contribution >= 0.6 is 23.4 Å². The summed E-state index contributed by atoms with van der Waals surface area (Å²) in [7, 11) is 0. The maximum Gasteiger partial charge on any atom is 0.255 e. The van der Waals surface area contributed by atoms with E-state index in [9.17, 15) is 9.59 Å². The van der Waals surface area contributed by atoms with Gasteiger partial charge < -0.3 is 10.6 Å². The molecule has 0 heterocycles. The Morgan fingerprint density at radius 2 is 1.52 bits per heavy atom. The van der Waals surface area contributed by atoms with E-state index in [4.69, 9.17) is 11.6 Å². The number of carbonyl (C=O) groups excluding carboxylic acids is 2. The number of fused-ring (bicyclic) bond motifs is 1. The first-order valence-corrected chi connectivity index (χ1v) is 11.0. The molecule has 0 aromatic heterocycles. The molecule has 2 N–H and O–H groups in total. The normalized spacial score (nSPS) is 10.6. The van der Waals surface area contributed by atoms with E-state index in [1.807, 2.05) is 66.7 Å². The van der Waals surface area contributed by atoms with Crippen LogP contribution in [0.4, 0.5) is 11.4 Å². The van der Waals surface area contributed by atoms with Gasteiger partial charge in [-0.15, -0.1) is 11.8 Å². The highest BCUT2D eigenvalue weighted by atomic mass is 35.5. The number of halogens is 1. The SMILES string of the molecule is O=C(CSc1ccc(NC(=O)c2ccc3ccccc3c2)cc1)Nc1cccc(Cl)c1. The highest BCUT2D eigenvalue weighted by Gasteiger charge is 2.08. The Hall–Kier alpha value is -3.28. The van der Waals surface area contributed by atoms with E-state index >= 15 is 0 Å². The summed E-state index contributed by atoms with van der Waals surface area (Å²) < 4.78 is 0. The molecule has 0 saturated carbocycles. The fraction of sp³-hybridized carbons (Fsp3) is 0.0400. The van der Waals surface area contributed by atoms with Crippen molar-refractivity contribution in [1.29, 1.82) is 0 Å². The fourth-order valence-electron chi connectivity index (χ4n) is 3.08. The molecule has 0 aliphatic rings. The number of benzene rings is 4. The van der Waals surface area contributed by atoms with Crippen LogP contribution in [-0.4, -0.2) is 17.6 Å². The summed E-state index contributed by atoms with van der Waals surface area (Å²) in [6.07, 6.45) is 0. The molecule has 4 nitrogen and oxygen atoms in total. The minimum absolute atomic E-state index is 0.110. The van der Waals surface area contributed by atoms with Crippen LogP contribution in [0.3, 0.4) is 0 Å². The molecule has 4 aromatic carbocycles. The van der Waals surface area contributed by atoms with E-state index in [1.165, 1.54) is 11.8 Å². The molecule has 0 spiro atoms. The first kappa shape index (κ1) is 21.0. The summed E-state index contributed by atoms with van der Waals surface area (Å²) in [6.45, 7) is 0. The summed E-state index contributed by atoms with van der Waals surface area (Å²) in [5.74, 6) is 0.00276. The van der Waals surface area contributed by atoms with Crippen LogP contribution in [0, 0.1) is 0 Å². The van der Waals surface area contributed by atoms with Crippen LogP contribution in [0.5, 0.6) is 0 Å². The second kappa shape index (κ2) is 9.69. The summed E-state index contributed by atoms with van der Waals surface area (Å²) in [5.41, 5.74) is 1.98. The molecule has 0 saturated heterocycles. The number of hydrogen-bond donors (Lipinski definition) is 2. The largest absolute Gasteiger partial charge is 0.325 e. The quantitative estimate of drug-likeness (QED) is 0.333. The number of nitrogens with one attached hydrogen (secondary N) is 2. The van der Waals surface area contributed by atoms with Crippen molar-refractivity contribution < 1.29 is 9.59 Å². The zero-order chi connectivity index (χ0) is 21.6. The lowest BCUT2D eigenvalue weighted by molar-refractivity contribution is -0.113. The van der Waals surface area contributed by atoms with Gasteiger partial charge in [0.1, 0.15) is 0 Å². The molecule has 154 valence electrons. The Balaban J connectivity index is 1.32. The number of carbonyl (C=O) groups is 2. The lowest BCUT2D eigenvalue weighted by Gasteiger charge is -2.08. The van der Waals surface area contributed by atoms with Crippen LogP contribution in [0.2, 0.25) is 5.02 Å². The molecule has 6 heteroatoms. The second-order valence-corrected chi connectivity index (χ2v) is 8.37. The van der Waals surface area contributed by atoms with Gasteiger partial charge >= 0.3 is 0 Å². The lowest BCUT2D eigenvalue weighted by atomic mass is 10.1. The van der Waals surface area contributed by atoms with Gasteiger partial charge in [-0.25, -0.2) is 0 Å². The molecule has 0 atom stereocenters. The summed E-state index contributed by atoms with van der Waals surface area (Å²) >= 11 is 7.35. The van der Waals surface area contributed by atoms with Crippen molar-refractivity contribution in [3.63, 3.8) is 0 Å². The molecule has 0 radical (unpaired) electrons. The number of anilines is 2. The standard InChI is InChI=1S/C25H19ClN2O2S/c26-20-6-3-7-22(15-20)27-24(29)16-31-23-12-10-21(11-13-23)28-25(30)19-9-8-17-4-1-2-5-18(17)14-19/h1-15H,16H2,(H,27,29)(H,28,30). The topological polar surface area (TPSA) is 58.2 Å². The predicted octanol–water partition coefficient (Wildman–Crippen LogP) is 6.48. The van der Waals surface area contributed by atoms with Gasteiger partial charge in [-0.3, -0.25) is 9.59 Å². The highest BCUT2D eigenvalue weighted by molar-refractivity contribution is 8.00. The Labute approximate surface area is 189 Å². The smallest absolute Gasteiger partial charge is 0.255 e. The van der Waals surface area contributed by atoms with Gasteiger partial charge in [0.05, 0.1) is 5.75 Å². The van der Waals surface area contributed by atoms with Gasteiger partial charge in [0.2, 0.25) is 5.91 Å². The third kappa shape index (κ3) is 5.66. The van der Waals surface area contributed by atoms with Crippen molar-refractivity contribution in [2.24, 2.45) is 0 Å². The first-order chi connectivity index (χ1) is 15.1. The van der Waals surface area contributed by atoms with Gasteiger partial charge in [-0.2, -0.15) is 0 Å². The monoisotopic (exact) mass is 446 g/mol. The predicted molar refractivity (Wildman–Crippen MR) is 129 cm³/mol. The average molecular weight is 447 g/mol. The molecule has 0 fully saturated rings. The van der Waals surface area contributed by atoms with Crippen molar-refractivity contribution in [2.75, 3.05) is 16.4 Å². The van der Waals surface area contributed by atoms with Crippen molar-refractivity contribution in [1.82, 2.24) is 0 Å². The van der Waals surface area contributed by atoms with Crippen LogP contribution in [0.15, 0.2) is 95.9 Å². The third-order valence-electron chi connectivity index (χ3n) is 4.60. The molecule has 31 heavy (non-hydrogen) atoms. The summed E-state index contributed by atoms with van der Waals surface area (Å²) in [5, 5.41) is 8.43. The zero-order valence-corrected chi connectivity index (χ0v) is 18.0. The van der Waals surface area contributed by atoms with E-state index in [2.05, 4.69) is 10.6 Å². The number of thioether (sulfide) groups is 1. The summed E-state index contributed by atoms with van der Waals surface area (Å²) in [6, 6.07) is 28.0. The van der Waals surface area contributed by atoms with Crippen molar-refractivity contribution in [2.45, 2.75) is 4.90 Å². The van der Waals surface area contributed by atoms with Gasteiger partial charge in [0.25, 0.3) is 5.91 Å². The van der Waals surface area contributed by atoms with E-state index in [0.717, 1.165) is 15.7 Å². The second-order valence-electron chi connectivity index (χ2n) is 6.89. The fourth-order valence-corrected chi connectivity index (χ4v) is 3.97. The molecule has 0 bridgehead atoms. The zero-order valence-electron chi connectivity index (χ0n) is 16.5. The first-order valence-electron chi connectivity index (χ1n) is 9.65. The molecule has 0 unspecified atom stereocenters. The molecule has 2 amide bonds. The maximum absolute atomic E-state index is 12.6. The van der Waals surface area contributed by atoms with Crippen molar-refractivity contribution >= 4 is 57.3 Å². The van der Waals surface area contributed by atoms with Crippen LogP contribution in [-0.2, 0) is 4.79 Å².